The Labute approximate surface area is 234 Å². The molecule has 210 valence electrons. The zero-order valence-electron chi connectivity index (χ0n) is 23.5. The number of hydrogen-bond donors (Lipinski definition) is 1. The van der Waals surface area contributed by atoms with Crippen molar-refractivity contribution in [3.8, 4) is 17.2 Å². The number of nitrogens with zero attached hydrogens (tertiary/aromatic N) is 2. The third kappa shape index (κ3) is 4.05. The Morgan fingerprint density at radius 1 is 1.12 bits per heavy atom. The average molecular weight is 546 g/mol. The molecule has 2 aromatic rings. The summed E-state index contributed by atoms with van der Waals surface area (Å²) in [6.45, 7) is 6.28. The molecule has 0 unspecified atom stereocenters. The number of allylic oxidation sites excluding steroid dienone is 1. The van der Waals surface area contributed by atoms with Crippen molar-refractivity contribution in [1.82, 2.24) is 4.98 Å². The first-order valence-electron chi connectivity index (χ1n) is 14.6. The summed E-state index contributed by atoms with van der Waals surface area (Å²) >= 11 is 0. The number of nitrogen functional groups attached to an aromatic ring is 1. The van der Waals surface area contributed by atoms with E-state index in [0.29, 0.717) is 17.8 Å². The molecule has 0 bridgehead atoms. The molecule has 7 heteroatoms. The molecular formula is C33H37F2N3O2. The highest BCUT2D eigenvalue weighted by Gasteiger charge is 2.59. The second-order valence-corrected chi connectivity index (χ2v) is 13.0. The van der Waals surface area contributed by atoms with Crippen molar-refractivity contribution in [3.05, 3.63) is 58.8 Å². The maximum Gasteiger partial charge on any atom is 0.302 e. The Bertz CT molecular complexity index is 1430. The third-order valence-electron chi connectivity index (χ3n) is 11.2. The first-order chi connectivity index (χ1) is 19.1. The van der Waals surface area contributed by atoms with E-state index in [4.69, 9.17) is 10.5 Å². The number of aromatic nitrogens is 1. The number of benzene rings is 1. The van der Waals surface area contributed by atoms with Crippen LogP contribution in [0.5, 0.6) is 0 Å². The van der Waals surface area contributed by atoms with Gasteiger partial charge in [0.15, 0.2) is 0 Å². The Hall–Kier alpha value is -3.27. The number of anilines is 1. The van der Waals surface area contributed by atoms with E-state index in [9.17, 15) is 18.8 Å². The van der Waals surface area contributed by atoms with Gasteiger partial charge in [0.25, 0.3) is 0 Å². The van der Waals surface area contributed by atoms with Gasteiger partial charge in [0.1, 0.15) is 35.2 Å². The minimum atomic E-state index is -0.717. The number of hydrogen-bond acceptors (Lipinski definition) is 5. The first-order valence-corrected chi connectivity index (χ1v) is 14.6. The van der Waals surface area contributed by atoms with Gasteiger partial charge in [-0.05, 0) is 91.7 Å². The monoisotopic (exact) mass is 545 g/mol. The van der Waals surface area contributed by atoms with E-state index in [2.05, 4.69) is 24.9 Å². The number of pyridine rings is 1. The third-order valence-corrected chi connectivity index (χ3v) is 11.2. The summed E-state index contributed by atoms with van der Waals surface area (Å²) in [4.78, 5) is 16.3. The number of rotatable bonds is 3. The van der Waals surface area contributed by atoms with Crippen molar-refractivity contribution in [2.45, 2.75) is 84.2 Å². The predicted octanol–water partition coefficient (Wildman–Crippen LogP) is 7.46. The summed E-state index contributed by atoms with van der Waals surface area (Å²) in [6.07, 6.45) is 10.4. The van der Waals surface area contributed by atoms with Crippen LogP contribution < -0.4 is 5.73 Å². The summed E-state index contributed by atoms with van der Waals surface area (Å²) in [5.74, 6) is 0.138. The highest BCUT2D eigenvalue weighted by molar-refractivity contribution is 5.76. The fourth-order valence-electron chi connectivity index (χ4n) is 9.28. The van der Waals surface area contributed by atoms with Crippen LogP contribution in [0.25, 0.3) is 11.1 Å². The van der Waals surface area contributed by atoms with Crippen molar-refractivity contribution in [1.29, 1.82) is 5.26 Å². The number of halogens is 2. The lowest BCUT2D eigenvalue weighted by molar-refractivity contribution is -0.148. The number of ether oxygens (including phenoxy) is 1. The van der Waals surface area contributed by atoms with Crippen molar-refractivity contribution in [3.63, 3.8) is 0 Å². The van der Waals surface area contributed by atoms with Gasteiger partial charge in [-0.1, -0.05) is 31.6 Å². The molecule has 1 heterocycles. The molecule has 2 N–H and O–H groups in total. The van der Waals surface area contributed by atoms with Gasteiger partial charge in [0.2, 0.25) is 0 Å². The summed E-state index contributed by atoms with van der Waals surface area (Å²) in [5, 5.41) is 9.80. The van der Waals surface area contributed by atoms with Crippen LogP contribution >= 0.6 is 0 Å². The van der Waals surface area contributed by atoms with Crippen molar-refractivity contribution >= 4 is 11.8 Å². The number of fused-ring (bicyclic) bond motifs is 5. The molecule has 0 spiro atoms. The molecule has 7 atom stereocenters. The maximum atomic E-state index is 14.8. The molecule has 3 fully saturated rings. The summed E-state index contributed by atoms with van der Waals surface area (Å²) < 4.78 is 35.3. The number of nitrogens with two attached hydrogens (primary N) is 1. The van der Waals surface area contributed by atoms with Crippen LogP contribution in [-0.2, 0) is 9.53 Å². The zero-order valence-corrected chi connectivity index (χ0v) is 23.5. The van der Waals surface area contributed by atoms with Crippen LogP contribution in [0.1, 0.15) is 89.3 Å². The molecule has 0 aliphatic heterocycles. The zero-order chi connectivity index (χ0) is 28.4. The van der Waals surface area contributed by atoms with Gasteiger partial charge in [-0.15, -0.1) is 0 Å². The van der Waals surface area contributed by atoms with Crippen LogP contribution in [0, 0.1) is 51.5 Å². The number of carbonyl (C=O) groups excluding carboxylic acids is 1. The lowest BCUT2D eigenvalue weighted by atomic mass is 9.47. The van der Waals surface area contributed by atoms with Crippen LogP contribution in [0.15, 0.2) is 35.9 Å². The number of esters is 1. The lowest BCUT2D eigenvalue weighted by Gasteiger charge is -2.58. The van der Waals surface area contributed by atoms with E-state index in [1.165, 1.54) is 30.7 Å². The van der Waals surface area contributed by atoms with Crippen LogP contribution in [0.3, 0.4) is 0 Å². The molecular weight excluding hydrogens is 508 g/mol. The molecule has 6 rings (SSSR count). The van der Waals surface area contributed by atoms with Gasteiger partial charge in [-0.25, -0.2) is 13.8 Å². The fourth-order valence-corrected chi connectivity index (χ4v) is 9.28. The molecule has 1 aromatic carbocycles. The van der Waals surface area contributed by atoms with Crippen molar-refractivity contribution in [2.24, 2.45) is 28.6 Å². The molecule has 3 saturated carbocycles. The quantitative estimate of drug-likeness (QED) is 0.319. The minimum Gasteiger partial charge on any atom is -0.462 e. The van der Waals surface area contributed by atoms with Gasteiger partial charge in [0, 0.05) is 30.5 Å². The van der Waals surface area contributed by atoms with E-state index in [1.54, 1.807) is 6.07 Å². The molecule has 0 radical (unpaired) electrons. The topological polar surface area (TPSA) is 89.0 Å². The Balaban J connectivity index is 1.33. The normalized spacial score (nSPS) is 34.6. The van der Waals surface area contributed by atoms with E-state index < -0.39 is 11.6 Å². The molecule has 4 aliphatic rings. The van der Waals surface area contributed by atoms with Gasteiger partial charge in [-0.2, -0.15) is 5.26 Å². The molecule has 0 saturated heterocycles. The largest absolute Gasteiger partial charge is 0.462 e. The van der Waals surface area contributed by atoms with E-state index >= 15 is 0 Å². The summed E-state index contributed by atoms with van der Waals surface area (Å²) in [7, 11) is 0. The van der Waals surface area contributed by atoms with E-state index in [1.807, 2.05) is 6.07 Å². The van der Waals surface area contributed by atoms with Crippen LogP contribution in [0.4, 0.5) is 14.6 Å². The summed E-state index contributed by atoms with van der Waals surface area (Å²) in [6, 6.07) is 7.47. The summed E-state index contributed by atoms with van der Waals surface area (Å²) in [5.41, 5.74) is 8.55. The highest BCUT2D eigenvalue weighted by Crippen LogP contribution is 2.68. The predicted molar refractivity (Wildman–Crippen MR) is 149 cm³/mol. The van der Waals surface area contributed by atoms with Gasteiger partial charge in [0.05, 0.1) is 5.56 Å². The second-order valence-electron chi connectivity index (χ2n) is 13.0. The van der Waals surface area contributed by atoms with Crippen LogP contribution in [-0.4, -0.2) is 17.1 Å². The number of carbonyl (C=O) groups is 1. The Morgan fingerprint density at radius 3 is 2.58 bits per heavy atom. The van der Waals surface area contributed by atoms with E-state index in [-0.39, 0.29) is 51.3 Å². The molecule has 1 aromatic heterocycles. The number of nitriles is 1. The fraction of sp³-hybridized carbons (Fsp3) is 0.545. The van der Waals surface area contributed by atoms with Crippen molar-refractivity contribution in [2.75, 3.05) is 5.73 Å². The Kier molecular flexibility index (Phi) is 6.52. The Morgan fingerprint density at radius 2 is 1.88 bits per heavy atom. The van der Waals surface area contributed by atoms with Crippen molar-refractivity contribution < 1.29 is 18.3 Å². The molecule has 40 heavy (non-hydrogen) atoms. The van der Waals surface area contributed by atoms with Gasteiger partial charge >= 0.3 is 5.97 Å². The minimum absolute atomic E-state index is 0.0124. The van der Waals surface area contributed by atoms with Gasteiger partial charge < -0.3 is 10.5 Å². The standard InChI is InChI=1S/C33H37F2N3O2/c1-18(39)40-20-11-13-32(2)19(15-20)7-8-21-24-9-10-26(33(24,3)14-12-25(21)32)29-16-22(23(17-36)31(37)38-29)30-27(34)5-4-6-28(30)35/h4-7,16,20-21,24-26H,8-15H2,1-3H3,(H2,37,38)/t20-,21-,24-,25-,26+,32-,33-/m0/s1. The smallest absolute Gasteiger partial charge is 0.302 e. The highest BCUT2D eigenvalue weighted by atomic mass is 19.1. The average Bonchev–Trinajstić information content (AvgIpc) is 3.25. The van der Waals surface area contributed by atoms with Crippen LogP contribution in [0.2, 0.25) is 0 Å². The van der Waals surface area contributed by atoms with Gasteiger partial charge in [-0.3, -0.25) is 4.79 Å². The second kappa shape index (κ2) is 9.68. The first kappa shape index (κ1) is 26.9. The maximum absolute atomic E-state index is 14.8. The molecule has 4 aliphatic carbocycles. The SMILES string of the molecule is CC(=O)O[C@H]1CC[C@@]2(C)C(=CC[C@H]3[C@@H]4CC[C@H](c5cc(-c6c(F)cccc6F)c(C#N)c(N)n5)[C@@]4(C)CC[C@@H]32)C1. The van der Waals surface area contributed by atoms with E-state index in [0.717, 1.165) is 57.1 Å². The molecule has 5 nitrogen and oxygen atoms in total. The molecule has 0 amide bonds. The lowest BCUT2D eigenvalue weighted by Crippen LogP contribution is -2.50.